The molecule has 3 unspecified atom stereocenters. The summed E-state index contributed by atoms with van der Waals surface area (Å²) < 4.78 is 4.94. The van der Waals surface area contributed by atoms with E-state index in [0.717, 1.165) is 25.5 Å². The van der Waals surface area contributed by atoms with Crippen molar-refractivity contribution in [3.05, 3.63) is 35.4 Å². The van der Waals surface area contributed by atoms with Crippen LogP contribution in [0.3, 0.4) is 0 Å². The topological polar surface area (TPSA) is 57.2 Å². The van der Waals surface area contributed by atoms with Gasteiger partial charge in [-0.15, -0.1) is 24.0 Å². The number of guanidine groups is 1. The first-order chi connectivity index (χ1) is 12.9. The van der Waals surface area contributed by atoms with Gasteiger partial charge in [0.25, 0.3) is 0 Å². The van der Waals surface area contributed by atoms with Crippen LogP contribution in [-0.2, 0) is 16.0 Å². The second kappa shape index (κ2) is 11.6. The summed E-state index contributed by atoms with van der Waals surface area (Å²) in [7, 11) is 7.43. The highest BCUT2D eigenvalue weighted by Gasteiger charge is 2.37. The molecule has 0 radical (unpaired) electrons. The number of benzene rings is 1. The number of aliphatic imine (C=N–C) groups is 1. The fourth-order valence-electron chi connectivity index (χ4n) is 3.69. The molecular weight excluding hydrogens is 467 g/mol. The normalized spacial score (nSPS) is 20.7. The lowest BCUT2D eigenvalue weighted by Crippen LogP contribution is -2.43. The maximum atomic E-state index is 12.0. The van der Waals surface area contributed by atoms with Crippen molar-refractivity contribution in [2.24, 2.45) is 16.8 Å². The first-order valence-electron chi connectivity index (χ1n) is 9.69. The van der Waals surface area contributed by atoms with Gasteiger partial charge < -0.3 is 19.9 Å². The zero-order valence-corrected chi connectivity index (χ0v) is 20.3. The number of methoxy groups -OCH3 is 1. The third kappa shape index (κ3) is 6.07. The summed E-state index contributed by atoms with van der Waals surface area (Å²) in [5, 5.41) is 3.50. The van der Waals surface area contributed by atoms with E-state index in [4.69, 9.17) is 4.74 Å². The van der Waals surface area contributed by atoms with Gasteiger partial charge in [-0.1, -0.05) is 38.1 Å². The highest BCUT2D eigenvalue weighted by atomic mass is 127. The van der Waals surface area contributed by atoms with Crippen LogP contribution in [0.4, 0.5) is 0 Å². The highest BCUT2D eigenvalue weighted by Crippen LogP contribution is 2.24. The van der Waals surface area contributed by atoms with E-state index in [2.05, 4.69) is 72.3 Å². The fourth-order valence-corrected chi connectivity index (χ4v) is 3.69. The average Bonchev–Trinajstić information content (AvgIpc) is 3.06. The maximum Gasteiger partial charge on any atom is 0.310 e. The van der Waals surface area contributed by atoms with Gasteiger partial charge in [-0.3, -0.25) is 9.79 Å². The Bertz CT molecular complexity index is 648. The molecule has 1 N–H and O–H groups in total. The third-order valence-corrected chi connectivity index (χ3v) is 5.48. The standard InChI is InChI=1S/C21H34N4O2.HI/c1-7-16-8-10-17(11-9-16)19(24(4)5)12-23-21(22-3)25-13-15(2)18(14-25)20(26)27-6;/h8-11,15,18-19H,7,12-14H2,1-6H3,(H,22,23);1H. The number of likely N-dealkylation sites (tertiary alicyclic amines) is 1. The van der Waals surface area contributed by atoms with Crippen LogP contribution in [0.15, 0.2) is 29.3 Å². The van der Waals surface area contributed by atoms with Crippen molar-refractivity contribution in [3.8, 4) is 0 Å². The van der Waals surface area contributed by atoms with Gasteiger partial charge in [0.2, 0.25) is 0 Å². The molecule has 1 aromatic rings. The molecule has 0 amide bonds. The summed E-state index contributed by atoms with van der Waals surface area (Å²) in [5.41, 5.74) is 2.63. The molecule has 1 aliphatic heterocycles. The number of esters is 1. The second-order valence-corrected chi connectivity index (χ2v) is 7.51. The van der Waals surface area contributed by atoms with Crippen molar-refractivity contribution in [2.75, 3.05) is 47.9 Å². The van der Waals surface area contributed by atoms with E-state index < -0.39 is 0 Å². The van der Waals surface area contributed by atoms with Gasteiger partial charge in [-0.25, -0.2) is 0 Å². The molecule has 1 aromatic carbocycles. The van der Waals surface area contributed by atoms with Gasteiger partial charge in [0.05, 0.1) is 19.1 Å². The van der Waals surface area contributed by atoms with Crippen molar-refractivity contribution in [3.63, 3.8) is 0 Å². The van der Waals surface area contributed by atoms with E-state index >= 15 is 0 Å². The predicted molar refractivity (Wildman–Crippen MR) is 125 cm³/mol. The van der Waals surface area contributed by atoms with Crippen molar-refractivity contribution < 1.29 is 9.53 Å². The van der Waals surface area contributed by atoms with E-state index in [1.54, 1.807) is 7.05 Å². The van der Waals surface area contributed by atoms with Crippen molar-refractivity contribution in [1.29, 1.82) is 0 Å². The van der Waals surface area contributed by atoms with Gasteiger partial charge in [0.1, 0.15) is 0 Å². The third-order valence-electron chi connectivity index (χ3n) is 5.48. The Labute approximate surface area is 186 Å². The lowest BCUT2D eigenvalue weighted by atomic mass is 9.99. The fraction of sp³-hybridized carbons (Fsp3) is 0.619. The average molecular weight is 502 g/mol. The SMILES string of the molecule is CCc1ccc(C(CNC(=NC)N2CC(C)C(C(=O)OC)C2)N(C)C)cc1.I. The van der Waals surface area contributed by atoms with Crippen LogP contribution >= 0.6 is 24.0 Å². The number of rotatable bonds is 6. The van der Waals surface area contributed by atoms with Crippen LogP contribution in [0.1, 0.15) is 31.0 Å². The van der Waals surface area contributed by atoms with E-state index in [-0.39, 0.29) is 47.8 Å². The largest absolute Gasteiger partial charge is 0.469 e. The van der Waals surface area contributed by atoms with Crippen LogP contribution in [0.2, 0.25) is 0 Å². The van der Waals surface area contributed by atoms with Crippen LogP contribution < -0.4 is 5.32 Å². The molecule has 3 atom stereocenters. The van der Waals surface area contributed by atoms with Gasteiger partial charge in [0.15, 0.2) is 5.96 Å². The van der Waals surface area contributed by atoms with Gasteiger partial charge in [-0.05, 0) is 37.6 Å². The zero-order chi connectivity index (χ0) is 20.0. The molecule has 28 heavy (non-hydrogen) atoms. The first kappa shape index (κ1) is 24.7. The molecule has 0 aromatic heterocycles. The van der Waals surface area contributed by atoms with E-state index in [9.17, 15) is 4.79 Å². The number of carbonyl (C=O) groups excluding carboxylic acids is 1. The molecule has 1 fully saturated rings. The number of nitrogens with one attached hydrogen (secondary N) is 1. The monoisotopic (exact) mass is 502 g/mol. The molecule has 1 aliphatic rings. The van der Waals surface area contributed by atoms with Crippen LogP contribution in [0, 0.1) is 11.8 Å². The molecule has 158 valence electrons. The summed E-state index contributed by atoms with van der Waals surface area (Å²) >= 11 is 0. The molecule has 6 nitrogen and oxygen atoms in total. The van der Waals surface area contributed by atoms with Crippen molar-refractivity contribution in [1.82, 2.24) is 15.1 Å². The van der Waals surface area contributed by atoms with E-state index in [1.807, 2.05) is 0 Å². The number of aryl methyl sites for hydroxylation is 1. The van der Waals surface area contributed by atoms with Gasteiger partial charge in [0, 0.05) is 26.7 Å². The van der Waals surface area contributed by atoms with Crippen LogP contribution in [-0.4, -0.2) is 69.6 Å². The number of ether oxygens (including phenoxy) is 1. The number of likely N-dealkylation sites (N-methyl/N-ethyl adjacent to an activating group) is 1. The summed E-state index contributed by atoms with van der Waals surface area (Å²) in [6.07, 6.45) is 1.05. The van der Waals surface area contributed by atoms with Crippen molar-refractivity contribution in [2.45, 2.75) is 26.3 Å². The number of halogens is 1. The minimum absolute atomic E-state index is 0. The smallest absolute Gasteiger partial charge is 0.310 e. The molecule has 7 heteroatoms. The molecule has 2 rings (SSSR count). The highest BCUT2D eigenvalue weighted by molar-refractivity contribution is 14.0. The van der Waals surface area contributed by atoms with E-state index in [1.165, 1.54) is 18.2 Å². The lowest BCUT2D eigenvalue weighted by molar-refractivity contribution is -0.145. The molecule has 0 spiro atoms. The number of nitrogens with zero attached hydrogens (tertiary/aromatic N) is 3. The van der Waals surface area contributed by atoms with Crippen LogP contribution in [0.5, 0.6) is 0 Å². The minimum Gasteiger partial charge on any atom is -0.469 e. The van der Waals surface area contributed by atoms with E-state index in [0.29, 0.717) is 6.54 Å². The Balaban J connectivity index is 0.00000392. The first-order valence-corrected chi connectivity index (χ1v) is 9.69. The number of carbonyl (C=O) groups is 1. The number of hydrogen-bond donors (Lipinski definition) is 1. The molecule has 0 bridgehead atoms. The minimum atomic E-state index is -0.136. The molecule has 1 heterocycles. The zero-order valence-electron chi connectivity index (χ0n) is 17.9. The summed E-state index contributed by atoms with van der Waals surface area (Å²) in [4.78, 5) is 20.8. The summed E-state index contributed by atoms with van der Waals surface area (Å²) in [6, 6.07) is 9.05. The Kier molecular flexibility index (Phi) is 10.2. The second-order valence-electron chi connectivity index (χ2n) is 7.51. The Hall–Kier alpha value is -1.35. The molecule has 1 saturated heterocycles. The summed E-state index contributed by atoms with van der Waals surface area (Å²) in [5.74, 6) is 0.856. The lowest BCUT2D eigenvalue weighted by Gasteiger charge is -2.28. The van der Waals surface area contributed by atoms with Crippen molar-refractivity contribution >= 4 is 35.9 Å². The molecular formula is C21H35IN4O2. The molecule has 0 saturated carbocycles. The summed E-state index contributed by atoms with van der Waals surface area (Å²) in [6.45, 7) is 6.46. The number of hydrogen-bond acceptors (Lipinski definition) is 4. The van der Waals surface area contributed by atoms with Gasteiger partial charge >= 0.3 is 5.97 Å². The Morgan fingerprint density at radius 2 is 1.96 bits per heavy atom. The Morgan fingerprint density at radius 1 is 1.32 bits per heavy atom. The van der Waals surface area contributed by atoms with Gasteiger partial charge in [-0.2, -0.15) is 0 Å². The Morgan fingerprint density at radius 3 is 2.46 bits per heavy atom. The quantitative estimate of drug-likeness (QED) is 0.281. The molecule has 0 aliphatic carbocycles. The van der Waals surface area contributed by atoms with Crippen LogP contribution in [0.25, 0.3) is 0 Å². The predicted octanol–water partition coefficient (Wildman–Crippen LogP) is 2.79. The maximum absolute atomic E-state index is 12.0.